The van der Waals surface area contributed by atoms with Gasteiger partial charge in [-0.2, -0.15) is 9.97 Å². The smallest absolute Gasteiger partial charge is 0.247 e. The summed E-state index contributed by atoms with van der Waals surface area (Å²) in [5.41, 5.74) is 1.89. The Labute approximate surface area is 154 Å². The molecule has 3 aromatic rings. The van der Waals surface area contributed by atoms with Crippen LogP contribution in [0.2, 0.25) is 5.28 Å². The van der Waals surface area contributed by atoms with Gasteiger partial charge in [0.15, 0.2) is 11.2 Å². The van der Waals surface area contributed by atoms with Crippen LogP contribution in [-0.4, -0.2) is 48.5 Å². The van der Waals surface area contributed by atoms with Gasteiger partial charge in [0.2, 0.25) is 11.2 Å². The second-order valence-corrected chi connectivity index (χ2v) is 6.35. The standard InChI is InChI=1S/C17H17ClN4O4/c18-17-20-15-14(16(21-17)25-8-10-4-2-1-3-5-10)19-9-22(15)13-6-11(24)12(7-23)26-13/h1-5,9,11-13,23-24H,6-8H2/t11-,12+,13+/m0/s1. The average molecular weight is 377 g/mol. The van der Waals surface area contributed by atoms with E-state index < -0.39 is 18.4 Å². The van der Waals surface area contributed by atoms with E-state index >= 15 is 0 Å². The number of rotatable bonds is 5. The molecule has 3 atom stereocenters. The van der Waals surface area contributed by atoms with E-state index in [1.165, 1.54) is 0 Å². The van der Waals surface area contributed by atoms with Crippen LogP contribution < -0.4 is 4.74 Å². The second-order valence-electron chi connectivity index (χ2n) is 6.01. The van der Waals surface area contributed by atoms with Crippen molar-refractivity contribution in [1.29, 1.82) is 0 Å². The van der Waals surface area contributed by atoms with Crippen LogP contribution in [0.5, 0.6) is 5.88 Å². The highest BCUT2D eigenvalue weighted by atomic mass is 35.5. The van der Waals surface area contributed by atoms with E-state index in [1.54, 1.807) is 10.9 Å². The number of benzene rings is 1. The molecule has 136 valence electrons. The third kappa shape index (κ3) is 3.24. The van der Waals surface area contributed by atoms with Gasteiger partial charge in [0.1, 0.15) is 18.9 Å². The lowest BCUT2D eigenvalue weighted by Crippen LogP contribution is -2.24. The lowest BCUT2D eigenvalue weighted by Gasteiger charge is -2.14. The van der Waals surface area contributed by atoms with Crippen LogP contribution in [0.25, 0.3) is 11.2 Å². The predicted octanol–water partition coefficient (Wildman–Crippen LogP) is 1.70. The molecule has 0 amide bonds. The first-order valence-corrected chi connectivity index (χ1v) is 8.54. The fourth-order valence-electron chi connectivity index (χ4n) is 2.95. The maximum atomic E-state index is 9.95. The number of hydrogen-bond donors (Lipinski definition) is 2. The monoisotopic (exact) mass is 376 g/mol. The van der Waals surface area contributed by atoms with Crippen molar-refractivity contribution in [2.75, 3.05) is 6.61 Å². The molecule has 0 aliphatic carbocycles. The number of aliphatic hydroxyl groups excluding tert-OH is 2. The highest BCUT2D eigenvalue weighted by Crippen LogP contribution is 2.32. The summed E-state index contributed by atoms with van der Waals surface area (Å²) in [5.74, 6) is 0.278. The minimum absolute atomic E-state index is 0.0274. The fraction of sp³-hybridized carbons (Fsp3) is 0.353. The van der Waals surface area contributed by atoms with Gasteiger partial charge >= 0.3 is 0 Å². The Morgan fingerprint density at radius 1 is 1.27 bits per heavy atom. The van der Waals surface area contributed by atoms with Gasteiger partial charge in [0.25, 0.3) is 0 Å². The summed E-state index contributed by atoms with van der Waals surface area (Å²) in [6.45, 7) is 0.0623. The van der Waals surface area contributed by atoms with Crippen molar-refractivity contribution in [3.05, 3.63) is 47.5 Å². The first-order valence-electron chi connectivity index (χ1n) is 8.17. The van der Waals surface area contributed by atoms with Crippen LogP contribution in [0, 0.1) is 0 Å². The maximum Gasteiger partial charge on any atom is 0.247 e. The van der Waals surface area contributed by atoms with Gasteiger partial charge in [-0.25, -0.2) is 4.98 Å². The van der Waals surface area contributed by atoms with Crippen LogP contribution in [0.1, 0.15) is 18.2 Å². The lowest BCUT2D eigenvalue weighted by atomic mass is 10.2. The summed E-state index contributed by atoms with van der Waals surface area (Å²) in [5, 5.41) is 19.2. The summed E-state index contributed by atoms with van der Waals surface area (Å²) in [6.07, 6.45) is -0.0297. The Morgan fingerprint density at radius 2 is 2.08 bits per heavy atom. The number of aromatic nitrogens is 4. The molecule has 2 aromatic heterocycles. The maximum absolute atomic E-state index is 9.95. The van der Waals surface area contributed by atoms with Crippen LogP contribution in [-0.2, 0) is 11.3 Å². The number of nitrogens with zero attached hydrogens (tertiary/aromatic N) is 4. The minimum atomic E-state index is -0.756. The molecule has 4 rings (SSSR count). The van der Waals surface area contributed by atoms with Gasteiger partial charge in [-0.05, 0) is 17.2 Å². The number of aliphatic hydroxyl groups is 2. The number of imidazole rings is 1. The average Bonchev–Trinajstić information content (AvgIpc) is 3.23. The van der Waals surface area contributed by atoms with E-state index in [9.17, 15) is 10.2 Å². The summed E-state index contributed by atoms with van der Waals surface area (Å²) >= 11 is 6.05. The van der Waals surface area contributed by atoms with E-state index in [0.717, 1.165) is 5.56 Å². The van der Waals surface area contributed by atoms with Crippen molar-refractivity contribution in [1.82, 2.24) is 19.5 Å². The van der Waals surface area contributed by atoms with Gasteiger partial charge < -0.3 is 19.7 Å². The molecule has 1 aliphatic rings. The Kier molecular flexibility index (Phi) is 4.73. The van der Waals surface area contributed by atoms with Crippen molar-refractivity contribution in [2.45, 2.75) is 31.5 Å². The van der Waals surface area contributed by atoms with Crippen molar-refractivity contribution in [2.24, 2.45) is 0 Å². The zero-order valence-electron chi connectivity index (χ0n) is 13.7. The van der Waals surface area contributed by atoms with Gasteiger partial charge in [-0.1, -0.05) is 30.3 Å². The zero-order chi connectivity index (χ0) is 18.1. The van der Waals surface area contributed by atoms with Gasteiger partial charge in [-0.15, -0.1) is 0 Å². The molecule has 1 saturated heterocycles. The van der Waals surface area contributed by atoms with Crippen LogP contribution in [0.4, 0.5) is 0 Å². The Morgan fingerprint density at radius 3 is 2.81 bits per heavy atom. The van der Waals surface area contributed by atoms with Gasteiger partial charge in [0, 0.05) is 6.42 Å². The molecule has 26 heavy (non-hydrogen) atoms. The van der Waals surface area contributed by atoms with Crippen molar-refractivity contribution in [3.8, 4) is 5.88 Å². The molecule has 0 unspecified atom stereocenters. The number of hydrogen-bond acceptors (Lipinski definition) is 7. The summed E-state index contributed by atoms with van der Waals surface area (Å²) in [4.78, 5) is 12.7. The highest BCUT2D eigenvalue weighted by molar-refractivity contribution is 6.28. The van der Waals surface area contributed by atoms with E-state index in [1.807, 2.05) is 30.3 Å². The Bertz CT molecular complexity index is 904. The molecule has 1 aliphatic heterocycles. The third-order valence-electron chi connectivity index (χ3n) is 4.27. The normalized spacial score (nSPS) is 22.8. The SMILES string of the molecule is OC[C@H]1O[C@@H](n2cnc3c(OCc4ccccc4)nc(Cl)nc32)C[C@@H]1O. The molecule has 3 heterocycles. The molecule has 1 aromatic carbocycles. The first kappa shape index (κ1) is 17.2. The summed E-state index contributed by atoms with van der Waals surface area (Å²) < 4.78 is 13.1. The molecule has 0 bridgehead atoms. The molecular formula is C17H17ClN4O4. The predicted molar refractivity (Wildman–Crippen MR) is 92.7 cm³/mol. The number of fused-ring (bicyclic) bond motifs is 1. The zero-order valence-corrected chi connectivity index (χ0v) is 14.5. The van der Waals surface area contributed by atoms with Crippen molar-refractivity contribution in [3.63, 3.8) is 0 Å². The van der Waals surface area contributed by atoms with Crippen molar-refractivity contribution >= 4 is 22.8 Å². The van der Waals surface area contributed by atoms with Crippen LogP contribution >= 0.6 is 11.6 Å². The van der Waals surface area contributed by atoms with E-state index in [2.05, 4.69) is 15.0 Å². The van der Waals surface area contributed by atoms with Gasteiger partial charge in [0.05, 0.1) is 19.0 Å². The molecule has 8 nitrogen and oxygen atoms in total. The van der Waals surface area contributed by atoms with E-state index in [0.29, 0.717) is 24.2 Å². The largest absolute Gasteiger partial charge is 0.471 e. The Balaban J connectivity index is 1.63. The van der Waals surface area contributed by atoms with Crippen LogP contribution in [0.3, 0.4) is 0 Å². The molecule has 1 fully saturated rings. The summed E-state index contributed by atoms with van der Waals surface area (Å²) in [7, 11) is 0. The molecule has 2 N–H and O–H groups in total. The van der Waals surface area contributed by atoms with Gasteiger partial charge in [-0.3, -0.25) is 4.57 Å². The minimum Gasteiger partial charge on any atom is -0.471 e. The first-order chi connectivity index (χ1) is 12.7. The topological polar surface area (TPSA) is 103 Å². The molecule has 0 spiro atoms. The van der Waals surface area contributed by atoms with E-state index in [4.69, 9.17) is 21.1 Å². The Hall–Kier alpha value is -2.26. The second kappa shape index (κ2) is 7.16. The fourth-order valence-corrected chi connectivity index (χ4v) is 3.11. The molecule has 0 radical (unpaired) electrons. The molecular weight excluding hydrogens is 360 g/mol. The highest BCUT2D eigenvalue weighted by Gasteiger charge is 2.35. The van der Waals surface area contributed by atoms with Crippen LogP contribution in [0.15, 0.2) is 36.7 Å². The van der Waals surface area contributed by atoms with Crippen molar-refractivity contribution < 1.29 is 19.7 Å². The third-order valence-corrected chi connectivity index (χ3v) is 4.44. The lowest BCUT2D eigenvalue weighted by molar-refractivity contribution is -0.0432. The molecule has 0 saturated carbocycles. The number of halogens is 1. The quantitative estimate of drug-likeness (QED) is 0.653. The molecule has 9 heteroatoms. The van der Waals surface area contributed by atoms with E-state index in [-0.39, 0.29) is 17.8 Å². The summed E-state index contributed by atoms with van der Waals surface area (Å²) in [6, 6.07) is 9.68. The number of ether oxygens (including phenoxy) is 2.